The first kappa shape index (κ1) is 12.7. The Morgan fingerprint density at radius 3 is 2.39 bits per heavy atom. The van der Waals surface area contributed by atoms with Crippen molar-refractivity contribution in [2.75, 3.05) is 0 Å². The molecule has 0 aliphatic heterocycles. The van der Waals surface area contributed by atoms with Gasteiger partial charge in [0.1, 0.15) is 22.5 Å². The normalized spacial score (nSPS) is 11.1. The first-order valence-corrected chi connectivity index (χ1v) is 5.93. The van der Waals surface area contributed by atoms with E-state index in [1.807, 2.05) is 6.07 Å². The summed E-state index contributed by atoms with van der Waals surface area (Å²) in [4.78, 5) is 4.03. The number of nitrogens with zero attached hydrogens (tertiary/aromatic N) is 1. The molecule has 0 bridgehead atoms. The van der Waals surface area contributed by atoms with Crippen molar-refractivity contribution in [1.29, 1.82) is 0 Å². The molecule has 2 aromatic rings. The second kappa shape index (κ2) is 5.73. The molecule has 92 valence electrons. The average Bonchev–Trinajstić information content (AvgIpc) is 2.34. The summed E-state index contributed by atoms with van der Waals surface area (Å²) in [7, 11) is 0. The van der Waals surface area contributed by atoms with E-state index in [0.717, 1.165) is 0 Å². The van der Waals surface area contributed by atoms with Gasteiger partial charge in [-0.3, -0.25) is 0 Å². The summed E-state index contributed by atoms with van der Waals surface area (Å²) in [6, 6.07) is 6.64. The van der Waals surface area contributed by atoms with Crippen LogP contribution in [0, 0.1) is 17.5 Å². The average molecular weight is 267 g/mol. The molecule has 0 saturated carbocycles. The van der Waals surface area contributed by atoms with Crippen molar-refractivity contribution < 1.29 is 13.2 Å². The SMILES string of the molecule is Fc1cc(F)c(/C=C/Sc2ccccn2)c(F)c1. The Hall–Kier alpha value is -1.75. The second-order valence-corrected chi connectivity index (χ2v) is 4.30. The largest absolute Gasteiger partial charge is 0.250 e. The summed E-state index contributed by atoms with van der Waals surface area (Å²) < 4.78 is 39.2. The van der Waals surface area contributed by atoms with Crippen molar-refractivity contribution in [2.24, 2.45) is 0 Å². The van der Waals surface area contributed by atoms with E-state index in [1.54, 1.807) is 18.3 Å². The van der Waals surface area contributed by atoms with Crippen molar-refractivity contribution in [2.45, 2.75) is 5.03 Å². The van der Waals surface area contributed by atoms with Crippen molar-refractivity contribution in [3.63, 3.8) is 0 Å². The summed E-state index contributed by atoms with van der Waals surface area (Å²) in [5, 5.41) is 2.21. The monoisotopic (exact) mass is 267 g/mol. The van der Waals surface area contributed by atoms with Crippen LogP contribution >= 0.6 is 11.8 Å². The van der Waals surface area contributed by atoms with Crippen LogP contribution in [-0.4, -0.2) is 4.98 Å². The lowest BCUT2D eigenvalue weighted by Gasteiger charge is -1.99. The fourth-order valence-electron chi connectivity index (χ4n) is 1.30. The number of aromatic nitrogens is 1. The Morgan fingerprint density at radius 2 is 1.78 bits per heavy atom. The number of benzene rings is 1. The molecule has 2 rings (SSSR count). The second-order valence-electron chi connectivity index (χ2n) is 3.37. The number of rotatable bonds is 3. The van der Waals surface area contributed by atoms with Gasteiger partial charge in [0.05, 0.1) is 0 Å². The van der Waals surface area contributed by atoms with Gasteiger partial charge in [-0.25, -0.2) is 18.2 Å². The number of halogens is 3. The van der Waals surface area contributed by atoms with Gasteiger partial charge in [-0.1, -0.05) is 17.8 Å². The van der Waals surface area contributed by atoms with Crippen LogP contribution in [0.15, 0.2) is 47.0 Å². The van der Waals surface area contributed by atoms with E-state index in [2.05, 4.69) is 4.98 Å². The van der Waals surface area contributed by atoms with Crippen LogP contribution in [0.1, 0.15) is 5.56 Å². The van der Waals surface area contributed by atoms with Gasteiger partial charge in [-0.15, -0.1) is 0 Å². The number of hydrogen-bond acceptors (Lipinski definition) is 2. The molecule has 0 fully saturated rings. The van der Waals surface area contributed by atoms with Gasteiger partial charge in [-0.2, -0.15) is 0 Å². The smallest absolute Gasteiger partial charge is 0.136 e. The van der Waals surface area contributed by atoms with Crippen molar-refractivity contribution >= 4 is 17.8 Å². The van der Waals surface area contributed by atoms with E-state index in [9.17, 15) is 13.2 Å². The topological polar surface area (TPSA) is 12.9 Å². The van der Waals surface area contributed by atoms with Crippen molar-refractivity contribution in [3.05, 3.63) is 65.0 Å². The molecule has 0 radical (unpaired) electrons. The molecule has 1 aromatic carbocycles. The highest BCUT2D eigenvalue weighted by Gasteiger charge is 2.08. The van der Waals surface area contributed by atoms with Gasteiger partial charge >= 0.3 is 0 Å². The molecule has 5 heteroatoms. The van der Waals surface area contributed by atoms with Crippen LogP contribution in [0.5, 0.6) is 0 Å². The van der Waals surface area contributed by atoms with Crippen LogP contribution < -0.4 is 0 Å². The maximum absolute atomic E-state index is 13.3. The Balaban J connectivity index is 2.15. The molecule has 0 N–H and O–H groups in total. The quantitative estimate of drug-likeness (QED) is 0.770. The van der Waals surface area contributed by atoms with E-state index < -0.39 is 17.5 Å². The lowest BCUT2D eigenvalue weighted by atomic mass is 10.2. The third-order valence-electron chi connectivity index (χ3n) is 2.11. The minimum atomic E-state index is -0.931. The first-order chi connectivity index (χ1) is 8.66. The zero-order valence-electron chi connectivity index (χ0n) is 9.11. The number of pyridine rings is 1. The molecule has 0 unspecified atom stereocenters. The van der Waals surface area contributed by atoms with Crippen LogP contribution in [-0.2, 0) is 0 Å². The minimum Gasteiger partial charge on any atom is -0.250 e. The number of thioether (sulfide) groups is 1. The summed E-state index contributed by atoms with van der Waals surface area (Å²) in [6.07, 6.45) is 2.87. The summed E-state index contributed by atoms with van der Waals surface area (Å²) in [5.74, 6) is -2.78. The first-order valence-electron chi connectivity index (χ1n) is 5.05. The highest BCUT2D eigenvalue weighted by Crippen LogP contribution is 2.21. The van der Waals surface area contributed by atoms with E-state index >= 15 is 0 Å². The van der Waals surface area contributed by atoms with E-state index in [4.69, 9.17) is 0 Å². The van der Waals surface area contributed by atoms with Crippen LogP contribution in [0.25, 0.3) is 6.08 Å². The maximum atomic E-state index is 13.3. The molecule has 0 saturated heterocycles. The minimum absolute atomic E-state index is 0.264. The van der Waals surface area contributed by atoms with E-state index in [1.165, 1.54) is 23.2 Å². The van der Waals surface area contributed by atoms with Crippen LogP contribution in [0.3, 0.4) is 0 Å². The molecule has 0 amide bonds. The maximum Gasteiger partial charge on any atom is 0.136 e. The third kappa shape index (κ3) is 3.13. The molecular weight excluding hydrogens is 259 g/mol. The van der Waals surface area contributed by atoms with Crippen LogP contribution in [0.2, 0.25) is 0 Å². The fraction of sp³-hybridized carbons (Fsp3) is 0. The molecule has 1 nitrogen and oxygen atoms in total. The van der Waals surface area contributed by atoms with Gasteiger partial charge < -0.3 is 0 Å². The Labute approximate surface area is 106 Å². The zero-order chi connectivity index (χ0) is 13.0. The zero-order valence-corrected chi connectivity index (χ0v) is 9.92. The van der Waals surface area contributed by atoms with Crippen molar-refractivity contribution in [3.8, 4) is 0 Å². The Bertz CT molecular complexity index is 547. The lowest BCUT2D eigenvalue weighted by molar-refractivity contribution is 0.540. The highest BCUT2D eigenvalue weighted by molar-refractivity contribution is 8.02. The fourth-order valence-corrected chi connectivity index (χ4v) is 1.92. The molecule has 1 aromatic heterocycles. The van der Waals surface area contributed by atoms with Gasteiger partial charge in [0, 0.05) is 23.9 Å². The van der Waals surface area contributed by atoms with E-state index in [-0.39, 0.29) is 5.56 Å². The molecule has 0 spiro atoms. The summed E-state index contributed by atoms with van der Waals surface area (Å²) in [5.41, 5.74) is -0.264. The van der Waals surface area contributed by atoms with Crippen molar-refractivity contribution in [1.82, 2.24) is 4.98 Å². The van der Waals surface area contributed by atoms with Crippen LogP contribution in [0.4, 0.5) is 13.2 Å². The standard InChI is InChI=1S/C13H8F3NS/c14-9-7-11(15)10(12(16)8-9)4-6-18-13-3-1-2-5-17-13/h1-8H/b6-4+. The lowest BCUT2D eigenvalue weighted by Crippen LogP contribution is -1.90. The van der Waals surface area contributed by atoms with E-state index in [0.29, 0.717) is 17.2 Å². The van der Waals surface area contributed by atoms with Gasteiger partial charge in [0.15, 0.2) is 0 Å². The molecule has 0 aliphatic carbocycles. The van der Waals surface area contributed by atoms with Gasteiger partial charge in [-0.05, 0) is 23.6 Å². The Kier molecular flexibility index (Phi) is 4.04. The predicted octanol–water partition coefficient (Wildman–Crippen LogP) is 4.26. The third-order valence-corrected chi connectivity index (χ3v) is 2.86. The summed E-state index contributed by atoms with van der Waals surface area (Å²) in [6.45, 7) is 0. The van der Waals surface area contributed by atoms with Gasteiger partial charge in [0.25, 0.3) is 0 Å². The molecule has 18 heavy (non-hydrogen) atoms. The molecule has 0 aliphatic rings. The molecule has 0 atom stereocenters. The molecular formula is C13H8F3NS. The molecule has 1 heterocycles. The van der Waals surface area contributed by atoms with Gasteiger partial charge in [0.2, 0.25) is 0 Å². The predicted molar refractivity (Wildman–Crippen MR) is 65.4 cm³/mol. The highest BCUT2D eigenvalue weighted by atomic mass is 32.2. The number of hydrogen-bond donors (Lipinski definition) is 0. The summed E-state index contributed by atoms with van der Waals surface area (Å²) >= 11 is 1.22. The Morgan fingerprint density at radius 1 is 1.06 bits per heavy atom.